The van der Waals surface area contributed by atoms with Crippen molar-refractivity contribution in [2.75, 3.05) is 18.0 Å². The van der Waals surface area contributed by atoms with Crippen LogP contribution in [-0.4, -0.2) is 42.1 Å². The van der Waals surface area contributed by atoms with Gasteiger partial charge in [-0.1, -0.05) is 12.1 Å². The van der Waals surface area contributed by atoms with Crippen molar-refractivity contribution in [3.63, 3.8) is 0 Å². The molecule has 1 aliphatic rings. The molecular formula is C25H23FN4O4. The molecule has 1 saturated heterocycles. The predicted molar refractivity (Wildman–Crippen MR) is 124 cm³/mol. The molecule has 1 aromatic heterocycles. The summed E-state index contributed by atoms with van der Waals surface area (Å²) in [5, 5.41) is 5.44. The lowest BCUT2D eigenvalue weighted by molar-refractivity contribution is -0.119. The molecule has 2 N–H and O–H groups in total. The third-order valence-corrected chi connectivity index (χ3v) is 5.38. The summed E-state index contributed by atoms with van der Waals surface area (Å²) in [5.41, 5.74) is 2.70. The van der Waals surface area contributed by atoms with Crippen molar-refractivity contribution in [2.45, 2.75) is 19.6 Å². The largest absolute Gasteiger partial charge is 0.442 e. The monoisotopic (exact) mass is 462 g/mol. The van der Waals surface area contributed by atoms with Crippen LogP contribution in [0.2, 0.25) is 0 Å². The Bertz CT molecular complexity index is 1200. The van der Waals surface area contributed by atoms with E-state index in [4.69, 9.17) is 4.74 Å². The van der Waals surface area contributed by atoms with Crippen LogP contribution in [0.5, 0.6) is 0 Å². The van der Waals surface area contributed by atoms with Crippen molar-refractivity contribution in [3.05, 3.63) is 83.9 Å². The molecule has 174 valence electrons. The predicted octanol–water partition coefficient (Wildman–Crippen LogP) is 3.28. The number of halogens is 1. The zero-order valence-electron chi connectivity index (χ0n) is 18.5. The molecule has 4 rings (SSSR count). The van der Waals surface area contributed by atoms with Crippen LogP contribution < -0.4 is 15.5 Å². The van der Waals surface area contributed by atoms with E-state index in [1.807, 2.05) is 12.1 Å². The Hall–Kier alpha value is -4.27. The topological polar surface area (TPSA) is 101 Å². The normalized spacial score (nSPS) is 15.1. The molecule has 1 unspecified atom stereocenters. The molecule has 3 aromatic rings. The molecule has 9 heteroatoms. The summed E-state index contributed by atoms with van der Waals surface area (Å²) in [5.74, 6) is -0.965. The SMILES string of the molecule is CC(=O)NCC1CN(c2ccc(-c3ccc(C(=O)NCc4ccncc4)cc3)c(F)c2)C(=O)O1. The van der Waals surface area contributed by atoms with Gasteiger partial charge >= 0.3 is 6.09 Å². The Morgan fingerprint density at radius 3 is 2.50 bits per heavy atom. The first-order chi connectivity index (χ1) is 16.4. The molecule has 0 spiro atoms. The first-order valence-corrected chi connectivity index (χ1v) is 10.7. The average molecular weight is 462 g/mol. The summed E-state index contributed by atoms with van der Waals surface area (Å²) in [4.78, 5) is 40.9. The van der Waals surface area contributed by atoms with Crippen molar-refractivity contribution < 1.29 is 23.5 Å². The number of aromatic nitrogens is 1. The van der Waals surface area contributed by atoms with E-state index < -0.39 is 18.0 Å². The quantitative estimate of drug-likeness (QED) is 0.561. The van der Waals surface area contributed by atoms with Gasteiger partial charge in [-0.3, -0.25) is 19.5 Å². The van der Waals surface area contributed by atoms with E-state index in [0.29, 0.717) is 28.9 Å². The average Bonchev–Trinajstić information content (AvgIpc) is 3.22. The molecule has 3 amide bonds. The standard InChI is InChI=1S/C25H23FN4O4/c1-16(31)28-14-21-15-30(25(33)34-21)20-6-7-22(23(26)12-20)18-2-4-19(5-3-18)24(32)29-13-17-8-10-27-11-9-17/h2-12,21H,13-15H2,1H3,(H,28,31)(H,29,32). The lowest BCUT2D eigenvalue weighted by atomic mass is 10.0. The van der Waals surface area contributed by atoms with Crippen LogP contribution in [0.3, 0.4) is 0 Å². The van der Waals surface area contributed by atoms with Gasteiger partial charge in [0, 0.05) is 37.0 Å². The van der Waals surface area contributed by atoms with Crippen LogP contribution >= 0.6 is 0 Å². The summed E-state index contributed by atoms with van der Waals surface area (Å²) in [6, 6.07) is 14.7. The minimum absolute atomic E-state index is 0.195. The van der Waals surface area contributed by atoms with Gasteiger partial charge in [0.2, 0.25) is 5.91 Å². The van der Waals surface area contributed by atoms with Gasteiger partial charge in [0.15, 0.2) is 0 Å². The lowest BCUT2D eigenvalue weighted by Crippen LogP contribution is -2.33. The number of rotatable bonds is 7. The van der Waals surface area contributed by atoms with Gasteiger partial charge in [-0.25, -0.2) is 9.18 Å². The number of nitrogens with zero attached hydrogens (tertiary/aromatic N) is 2. The Labute approximate surface area is 195 Å². The van der Waals surface area contributed by atoms with E-state index >= 15 is 0 Å². The number of nitrogens with one attached hydrogen (secondary N) is 2. The van der Waals surface area contributed by atoms with Crippen LogP contribution in [0.4, 0.5) is 14.9 Å². The van der Waals surface area contributed by atoms with Gasteiger partial charge in [0.1, 0.15) is 11.9 Å². The van der Waals surface area contributed by atoms with Gasteiger partial charge in [-0.2, -0.15) is 0 Å². The van der Waals surface area contributed by atoms with E-state index in [0.717, 1.165) is 5.56 Å². The summed E-state index contributed by atoms with van der Waals surface area (Å²) in [6.07, 6.45) is 2.22. The van der Waals surface area contributed by atoms with E-state index in [1.165, 1.54) is 17.9 Å². The molecule has 1 atom stereocenters. The molecule has 1 aliphatic heterocycles. The first-order valence-electron chi connectivity index (χ1n) is 10.7. The summed E-state index contributed by atoms with van der Waals surface area (Å²) >= 11 is 0. The van der Waals surface area contributed by atoms with Crippen LogP contribution in [0.1, 0.15) is 22.8 Å². The molecule has 2 aromatic carbocycles. The lowest BCUT2D eigenvalue weighted by Gasteiger charge is -2.14. The number of carbonyl (C=O) groups excluding carboxylic acids is 3. The second kappa shape index (κ2) is 10.1. The van der Waals surface area contributed by atoms with Gasteiger partial charge in [0.25, 0.3) is 5.91 Å². The van der Waals surface area contributed by atoms with Crippen LogP contribution in [0.15, 0.2) is 67.0 Å². The van der Waals surface area contributed by atoms with E-state index in [-0.39, 0.29) is 24.9 Å². The van der Waals surface area contributed by atoms with Crippen molar-refractivity contribution in [1.29, 1.82) is 0 Å². The maximum atomic E-state index is 14.9. The molecular weight excluding hydrogens is 439 g/mol. The number of pyridine rings is 1. The van der Waals surface area contributed by atoms with Crippen LogP contribution in [-0.2, 0) is 16.1 Å². The Morgan fingerprint density at radius 1 is 1.09 bits per heavy atom. The van der Waals surface area contributed by atoms with Crippen molar-refractivity contribution in [3.8, 4) is 11.1 Å². The highest BCUT2D eigenvalue weighted by molar-refractivity contribution is 5.94. The number of benzene rings is 2. The molecule has 2 heterocycles. The molecule has 0 aliphatic carbocycles. The minimum Gasteiger partial charge on any atom is -0.442 e. The number of cyclic esters (lactones) is 1. The molecule has 0 bridgehead atoms. The summed E-state index contributed by atoms with van der Waals surface area (Å²) < 4.78 is 20.1. The number of carbonyl (C=O) groups is 3. The van der Waals surface area contributed by atoms with Gasteiger partial charge in [-0.05, 0) is 53.6 Å². The molecule has 0 radical (unpaired) electrons. The highest BCUT2D eigenvalue weighted by atomic mass is 19.1. The van der Waals surface area contributed by atoms with Gasteiger partial charge in [-0.15, -0.1) is 0 Å². The minimum atomic E-state index is -0.593. The second-order valence-corrected chi connectivity index (χ2v) is 7.83. The van der Waals surface area contributed by atoms with E-state index in [1.54, 1.807) is 48.8 Å². The van der Waals surface area contributed by atoms with E-state index in [9.17, 15) is 18.8 Å². The van der Waals surface area contributed by atoms with Crippen molar-refractivity contribution >= 4 is 23.6 Å². The molecule has 34 heavy (non-hydrogen) atoms. The Balaban J connectivity index is 1.41. The third kappa shape index (κ3) is 5.37. The molecule has 8 nitrogen and oxygen atoms in total. The van der Waals surface area contributed by atoms with Gasteiger partial charge in [0.05, 0.1) is 18.8 Å². The van der Waals surface area contributed by atoms with Crippen LogP contribution in [0, 0.1) is 5.82 Å². The highest BCUT2D eigenvalue weighted by Gasteiger charge is 2.32. The number of ether oxygens (including phenoxy) is 1. The van der Waals surface area contributed by atoms with E-state index in [2.05, 4.69) is 15.6 Å². The summed E-state index contributed by atoms with van der Waals surface area (Å²) in [7, 11) is 0. The maximum absolute atomic E-state index is 14.9. The zero-order chi connectivity index (χ0) is 24.1. The highest BCUT2D eigenvalue weighted by Crippen LogP contribution is 2.29. The number of amides is 3. The number of anilines is 1. The fourth-order valence-electron chi connectivity index (χ4n) is 3.59. The van der Waals surface area contributed by atoms with Gasteiger partial charge < -0.3 is 15.4 Å². The molecule has 0 saturated carbocycles. The fraction of sp³-hybridized carbons (Fsp3) is 0.200. The first kappa shape index (κ1) is 22.9. The second-order valence-electron chi connectivity index (χ2n) is 7.83. The third-order valence-electron chi connectivity index (χ3n) is 5.38. The summed E-state index contributed by atoms with van der Waals surface area (Å²) in [6.45, 7) is 2.16. The number of hydrogen-bond donors (Lipinski definition) is 2. The smallest absolute Gasteiger partial charge is 0.414 e. The Kier molecular flexibility index (Phi) is 6.82. The maximum Gasteiger partial charge on any atom is 0.414 e. The molecule has 1 fully saturated rings. The van der Waals surface area contributed by atoms with Crippen molar-refractivity contribution in [2.24, 2.45) is 0 Å². The number of hydrogen-bond acceptors (Lipinski definition) is 5. The van der Waals surface area contributed by atoms with Crippen molar-refractivity contribution in [1.82, 2.24) is 15.6 Å². The Morgan fingerprint density at radius 2 is 1.82 bits per heavy atom. The van der Waals surface area contributed by atoms with Crippen LogP contribution in [0.25, 0.3) is 11.1 Å². The zero-order valence-corrected chi connectivity index (χ0v) is 18.5. The fourth-order valence-corrected chi connectivity index (χ4v) is 3.59.